The molecule has 1 fully saturated rings. The Morgan fingerprint density at radius 2 is 2.00 bits per heavy atom. The van der Waals surface area contributed by atoms with E-state index in [-0.39, 0.29) is 6.10 Å². The highest BCUT2D eigenvalue weighted by Gasteiger charge is 2.24. The lowest BCUT2D eigenvalue weighted by Crippen LogP contribution is -2.48. The molecule has 112 valence electrons. The van der Waals surface area contributed by atoms with E-state index in [0.717, 1.165) is 25.2 Å². The number of nitrogens with one attached hydrogen (secondary N) is 1. The van der Waals surface area contributed by atoms with Crippen LogP contribution in [0.4, 0.5) is 0 Å². The summed E-state index contributed by atoms with van der Waals surface area (Å²) in [6.45, 7) is 7.25. The highest BCUT2D eigenvalue weighted by molar-refractivity contribution is 5.17. The molecule has 1 aliphatic rings. The van der Waals surface area contributed by atoms with Gasteiger partial charge in [0.1, 0.15) is 0 Å². The van der Waals surface area contributed by atoms with E-state index in [0.29, 0.717) is 12.1 Å². The second-order valence-electron chi connectivity index (χ2n) is 6.13. The van der Waals surface area contributed by atoms with E-state index >= 15 is 0 Å². The first-order chi connectivity index (χ1) is 9.66. The van der Waals surface area contributed by atoms with Gasteiger partial charge in [0.25, 0.3) is 0 Å². The van der Waals surface area contributed by atoms with Gasteiger partial charge >= 0.3 is 0 Å². The number of hydrogen-bond acceptors (Lipinski definition) is 3. The van der Waals surface area contributed by atoms with Crippen LogP contribution in [0.1, 0.15) is 44.8 Å². The maximum atomic E-state index is 10.4. The average molecular weight is 276 g/mol. The Hall–Kier alpha value is -0.900. The molecule has 20 heavy (non-hydrogen) atoms. The van der Waals surface area contributed by atoms with Crippen molar-refractivity contribution < 1.29 is 5.11 Å². The molecule has 0 aromatic heterocycles. The summed E-state index contributed by atoms with van der Waals surface area (Å²) in [5.74, 6) is 0. The van der Waals surface area contributed by atoms with E-state index in [9.17, 15) is 5.11 Å². The molecule has 0 radical (unpaired) electrons. The predicted molar refractivity (Wildman–Crippen MR) is 83.8 cm³/mol. The number of hydrogen-bond donors (Lipinski definition) is 2. The summed E-state index contributed by atoms with van der Waals surface area (Å²) in [7, 11) is 0. The minimum absolute atomic E-state index is 0.379. The molecule has 0 saturated carbocycles. The number of benzene rings is 1. The molecule has 0 amide bonds. The Morgan fingerprint density at radius 1 is 1.25 bits per heavy atom. The number of piperidine rings is 1. The van der Waals surface area contributed by atoms with Crippen LogP contribution in [0.15, 0.2) is 30.3 Å². The molecule has 1 aliphatic heterocycles. The van der Waals surface area contributed by atoms with Gasteiger partial charge in [-0.15, -0.1) is 0 Å². The van der Waals surface area contributed by atoms with Crippen molar-refractivity contribution in [2.45, 2.75) is 51.3 Å². The van der Waals surface area contributed by atoms with Gasteiger partial charge in [0.05, 0.1) is 6.10 Å². The molecule has 0 bridgehead atoms. The van der Waals surface area contributed by atoms with Crippen LogP contribution in [0.25, 0.3) is 0 Å². The molecule has 3 heteroatoms. The van der Waals surface area contributed by atoms with Crippen molar-refractivity contribution in [1.82, 2.24) is 10.2 Å². The monoisotopic (exact) mass is 276 g/mol. The van der Waals surface area contributed by atoms with Crippen molar-refractivity contribution in [3.63, 3.8) is 0 Å². The number of nitrogens with zero attached hydrogens (tertiary/aromatic N) is 1. The molecular weight excluding hydrogens is 248 g/mol. The van der Waals surface area contributed by atoms with Crippen molar-refractivity contribution in [2.75, 3.05) is 19.6 Å². The fourth-order valence-electron chi connectivity index (χ4n) is 2.91. The van der Waals surface area contributed by atoms with Crippen LogP contribution in [0.5, 0.6) is 0 Å². The maximum Gasteiger partial charge on any atom is 0.0917 e. The van der Waals surface area contributed by atoms with Gasteiger partial charge in [0.2, 0.25) is 0 Å². The number of β-amino-alcohol motifs (C(OH)–C–C–N with tert-alkyl or cyclic N) is 1. The number of likely N-dealkylation sites (tertiary alicyclic amines) is 1. The minimum Gasteiger partial charge on any atom is -0.387 e. The van der Waals surface area contributed by atoms with Gasteiger partial charge in [-0.1, -0.05) is 50.6 Å². The molecule has 2 unspecified atom stereocenters. The normalized spacial score (nSPS) is 22.1. The smallest absolute Gasteiger partial charge is 0.0917 e. The molecule has 1 saturated heterocycles. The molecule has 1 aromatic carbocycles. The summed E-state index contributed by atoms with van der Waals surface area (Å²) in [5, 5.41) is 13.9. The van der Waals surface area contributed by atoms with E-state index in [2.05, 4.69) is 24.1 Å². The van der Waals surface area contributed by atoms with Gasteiger partial charge in [-0.25, -0.2) is 0 Å². The fourth-order valence-corrected chi connectivity index (χ4v) is 2.91. The van der Waals surface area contributed by atoms with Crippen molar-refractivity contribution in [1.29, 1.82) is 0 Å². The Bertz CT molecular complexity index is 380. The first kappa shape index (κ1) is 15.5. The van der Waals surface area contributed by atoms with Crippen LogP contribution in [0.3, 0.4) is 0 Å². The Morgan fingerprint density at radius 3 is 2.70 bits per heavy atom. The molecule has 2 N–H and O–H groups in total. The van der Waals surface area contributed by atoms with Crippen LogP contribution in [-0.4, -0.2) is 41.7 Å². The van der Waals surface area contributed by atoms with Crippen molar-refractivity contribution >= 4 is 0 Å². The molecule has 1 aromatic rings. The molecule has 3 nitrogen and oxygen atoms in total. The highest BCUT2D eigenvalue weighted by atomic mass is 16.3. The van der Waals surface area contributed by atoms with Crippen LogP contribution in [0, 0.1) is 0 Å². The lowest BCUT2D eigenvalue weighted by Gasteiger charge is -2.37. The van der Waals surface area contributed by atoms with Crippen molar-refractivity contribution in [3.8, 4) is 0 Å². The van der Waals surface area contributed by atoms with Crippen LogP contribution < -0.4 is 5.32 Å². The van der Waals surface area contributed by atoms with E-state index < -0.39 is 0 Å². The van der Waals surface area contributed by atoms with Crippen molar-refractivity contribution in [2.24, 2.45) is 0 Å². The number of aliphatic hydroxyl groups is 1. The Balaban J connectivity index is 1.91. The lowest BCUT2D eigenvalue weighted by atomic mass is 10.00. The van der Waals surface area contributed by atoms with Crippen LogP contribution in [0.2, 0.25) is 0 Å². The SMILES string of the molecule is CC(C)NCC1CCCCN1CC(O)c1ccccc1. The summed E-state index contributed by atoms with van der Waals surface area (Å²) in [5.41, 5.74) is 1.02. The zero-order chi connectivity index (χ0) is 14.4. The third kappa shape index (κ3) is 4.58. The topological polar surface area (TPSA) is 35.5 Å². The van der Waals surface area contributed by atoms with Gasteiger partial charge in [-0.05, 0) is 24.9 Å². The summed E-state index contributed by atoms with van der Waals surface area (Å²) in [6, 6.07) is 11.1. The molecule has 0 spiro atoms. The Kier molecular flexibility index (Phi) is 6.02. The Labute approximate surface area is 123 Å². The van der Waals surface area contributed by atoms with Gasteiger partial charge in [0.15, 0.2) is 0 Å². The molecule has 1 heterocycles. The first-order valence-corrected chi connectivity index (χ1v) is 7.87. The van der Waals surface area contributed by atoms with E-state index in [1.807, 2.05) is 30.3 Å². The summed E-state index contributed by atoms with van der Waals surface area (Å²) >= 11 is 0. The zero-order valence-corrected chi connectivity index (χ0v) is 12.8. The average Bonchev–Trinajstić information content (AvgIpc) is 2.47. The van der Waals surface area contributed by atoms with E-state index in [1.54, 1.807) is 0 Å². The van der Waals surface area contributed by atoms with Gasteiger partial charge in [-0.3, -0.25) is 4.90 Å². The third-order valence-corrected chi connectivity index (χ3v) is 4.10. The summed E-state index contributed by atoms with van der Waals surface area (Å²) in [4.78, 5) is 2.45. The molecular formula is C17H28N2O. The molecule has 2 atom stereocenters. The number of rotatable bonds is 6. The fraction of sp³-hybridized carbons (Fsp3) is 0.647. The molecule has 0 aliphatic carbocycles. The van der Waals surface area contributed by atoms with Crippen LogP contribution >= 0.6 is 0 Å². The third-order valence-electron chi connectivity index (χ3n) is 4.10. The summed E-state index contributed by atoms with van der Waals surface area (Å²) < 4.78 is 0. The second kappa shape index (κ2) is 7.77. The quantitative estimate of drug-likeness (QED) is 0.838. The van der Waals surface area contributed by atoms with Crippen LogP contribution in [-0.2, 0) is 0 Å². The van der Waals surface area contributed by atoms with Gasteiger partial charge < -0.3 is 10.4 Å². The second-order valence-corrected chi connectivity index (χ2v) is 6.13. The van der Waals surface area contributed by atoms with Gasteiger partial charge in [-0.2, -0.15) is 0 Å². The van der Waals surface area contributed by atoms with E-state index in [1.165, 1.54) is 19.3 Å². The zero-order valence-electron chi connectivity index (χ0n) is 12.8. The molecule has 2 rings (SSSR count). The number of aliphatic hydroxyl groups excluding tert-OH is 1. The van der Waals surface area contributed by atoms with Gasteiger partial charge in [0, 0.05) is 25.2 Å². The highest BCUT2D eigenvalue weighted by Crippen LogP contribution is 2.21. The predicted octanol–water partition coefficient (Wildman–Crippen LogP) is 2.57. The van der Waals surface area contributed by atoms with E-state index in [4.69, 9.17) is 0 Å². The minimum atomic E-state index is -0.379. The van der Waals surface area contributed by atoms with Crippen molar-refractivity contribution in [3.05, 3.63) is 35.9 Å². The standard InChI is InChI=1S/C17H28N2O/c1-14(2)18-12-16-10-6-7-11-19(16)13-17(20)15-8-4-3-5-9-15/h3-5,8-9,14,16-18,20H,6-7,10-13H2,1-2H3. The maximum absolute atomic E-state index is 10.4. The lowest BCUT2D eigenvalue weighted by molar-refractivity contribution is 0.0661. The largest absolute Gasteiger partial charge is 0.387 e. The summed E-state index contributed by atoms with van der Waals surface area (Å²) in [6.07, 6.45) is 3.42. The first-order valence-electron chi connectivity index (χ1n) is 7.87.